The van der Waals surface area contributed by atoms with Crippen LogP contribution in [-0.4, -0.2) is 25.9 Å². The number of aromatic nitrogens is 3. The Balaban J connectivity index is 2.16. The third-order valence-corrected chi connectivity index (χ3v) is 3.86. The summed E-state index contributed by atoms with van der Waals surface area (Å²) in [5.41, 5.74) is 5.24. The Morgan fingerprint density at radius 1 is 1.44 bits per heavy atom. The first-order valence-corrected chi connectivity index (χ1v) is 6.44. The minimum absolute atomic E-state index is 0.253. The largest absolute Gasteiger partial charge is 0.369 e. The van der Waals surface area contributed by atoms with Crippen LogP contribution in [0, 0.1) is 0 Å². The first kappa shape index (κ1) is 11.4. The average Bonchev–Trinajstić information content (AvgIpc) is 2.50. The van der Waals surface area contributed by atoms with E-state index >= 15 is 0 Å². The summed E-state index contributed by atoms with van der Waals surface area (Å²) in [6, 6.07) is 0. The van der Waals surface area contributed by atoms with Crippen LogP contribution in [-0.2, 0) is 17.8 Å². The lowest BCUT2D eigenvalue weighted by Gasteiger charge is -2.08. The molecule has 0 bridgehead atoms. The van der Waals surface area contributed by atoms with Crippen LogP contribution >= 0.6 is 11.8 Å². The molecule has 88 valence electrons. The summed E-state index contributed by atoms with van der Waals surface area (Å²) in [6.07, 6.45) is 4.55. The van der Waals surface area contributed by atoms with Gasteiger partial charge in [-0.25, -0.2) is 0 Å². The second-order valence-corrected chi connectivity index (χ2v) is 5.33. The number of primary amides is 1. The van der Waals surface area contributed by atoms with Gasteiger partial charge in [-0.2, -0.15) is 0 Å². The van der Waals surface area contributed by atoms with Crippen molar-refractivity contribution in [2.75, 3.05) is 0 Å². The van der Waals surface area contributed by atoms with Gasteiger partial charge in [0.2, 0.25) is 5.91 Å². The first-order chi connectivity index (χ1) is 7.68. The predicted molar refractivity (Wildman–Crippen MR) is 62.1 cm³/mol. The van der Waals surface area contributed by atoms with E-state index in [4.69, 9.17) is 5.73 Å². The van der Waals surface area contributed by atoms with Gasteiger partial charge in [-0.3, -0.25) is 4.79 Å². The zero-order valence-corrected chi connectivity index (χ0v) is 10.2. The molecule has 1 aromatic heterocycles. The molecule has 0 aromatic carbocycles. The minimum atomic E-state index is -0.309. The topological polar surface area (TPSA) is 73.8 Å². The highest BCUT2D eigenvalue weighted by Crippen LogP contribution is 2.24. The fraction of sp³-hybridized carbons (Fsp3) is 0.700. The summed E-state index contributed by atoms with van der Waals surface area (Å²) < 4.78 is 2.12. The molecule has 0 spiro atoms. The summed E-state index contributed by atoms with van der Waals surface area (Å²) in [4.78, 5) is 11.0. The molecule has 6 heteroatoms. The second kappa shape index (κ2) is 4.86. The Labute approximate surface area is 98.8 Å². The predicted octanol–water partition coefficient (Wildman–Crippen LogP) is 0.970. The van der Waals surface area contributed by atoms with Crippen molar-refractivity contribution in [3.05, 3.63) is 5.82 Å². The van der Waals surface area contributed by atoms with Gasteiger partial charge in [-0.15, -0.1) is 10.2 Å². The van der Waals surface area contributed by atoms with Crippen molar-refractivity contribution in [1.29, 1.82) is 0 Å². The molecule has 0 saturated carbocycles. The molecule has 1 aliphatic rings. The van der Waals surface area contributed by atoms with Crippen LogP contribution in [0.1, 0.15) is 32.0 Å². The van der Waals surface area contributed by atoms with Crippen molar-refractivity contribution in [3.63, 3.8) is 0 Å². The summed E-state index contributed by atoms with van der Waals surface area (Å²) >= 11 is 1.40. The van der Waals surface area contributed by atoms with E-state index in [1.165, 1.54) is 24.6 Å². The molecule has 0 fully saturated rings. The molecule has 2 heterocycles. The molecule has 0 radical (unpaired) electrons. The van der Waals surface area contributed by atoms with Crippen LogP contribution < -0.4 is 5.73 Å². The van der Waals surface area contributed by atoms with Gasteiger partial charge in [0.05, 0.1) is 5.25 Å². The molecule has 1 amide bonds. The number of nitrogens with zero attached hydrogens (tertiary/aromatic N) is 3. The van der Waals surface area contributed by atoms with Gasteiger partial charge >= 0.3 is 0 Å². The van der Waals surface area contributed by atoms with Gasteiger partial charge in [0.15, 0.2) is 5.16 Å². The number of amides is 1. The molecular formula is C10H16N4OS. The number of thioether (sulfide) groups is 1. The Hall–Kier alpha value is -1.04. The molecule has 16 heavy (non-hydrogen) atoms. The first-order valence-electron chi connectivity index (χ1n) is 5.56. The van der Waals surface area contributed by atoms with Crippen molar-refractivity contribution in [1.82, 2.24) is 14.8 Å². The van der Waals surface area contributed by atoms with Crippen molar-refractivity contribution in [3.8, 4) is 0 Å². The van der Waals surface area contributed by atoms with Crippen molar-refractivity contribution < 1.29 is 4.79 Å². The number of hydrogen-bond donors (Lipinski definition) is 1. The number of carbonyl (C=O) groups excluding carboxylic acids is 1. The number of aryl methyl sites for hydroxylation is 1. The molecular weight excluding hydrogens is 224 g/mol. The Kier molecular flexibility index (Phi) is 3.48. The van der Waals surface area contributed by atoms with E-state index in [-0.39, 0.29) is 11.2 Å². The van der Waals surface area contributed by atoms with Crippen LogP contribution in [0.25, 0.3) is 0 Å². The molecule has 0 aliphatic carbocycles. The molecule has 1 aliphatic heterocycles. The third-order valence-electron chi connectivity index (χ3n) is 2.76. The van der Waals surface area contributed by atoms with E-state index in [0.717, 1.165) is 30.4 Å². The van der Waals surface area contributed by atoms with Crippen molar-refractivity contribution in [2.45, 2.75) is 49.6 Å². The quantitative estimate of drug-likeness (QED) is 0.799. The van der Waals surface area contributed by atoms with Gasteiger partial charge in [0.1, 0.15) is 5.82 Å². The summed E-state index contributed by atoms with van der Waals surface area (Å²) in [6.45, 7) is 2.75. The van der Waals surface area contributed by atoms with E-state index < -0.39 is 0 Å². The lowest BCUT2D eigenvalue weighted by molar-refractivity contribution is -0.117. The molecule has 1 aromatic rings. The van der Waals surface area contributed by atoms with E-state index in [1.54, 1.807) is 6.92 Å². The van der Waals surface area contributed by atoms with Crippen LogP contribution in [0.5, 0.6) is 0 Å². The molecule has 0 saturated heterocycles. The molecule has 1 atom stereocenters. The van der Waals surface area contributed by atoms with Gasteiger partial charge in [0.25, 0.3) is 0 Å². The maximum absolute atomic E-state index is 11.0. The molecule has 2 rings (SSSR count). The van der Waals surface area contributed by atoms with Crippen LogP contribution in [0.2, 0.25) is 0 Å². The van der Waals surface area contributed by atoms with Crippen molar-refractivity contribution >= 4 is 17.7 Å². The normalized spacial score (nSPS) is 17.6. The highest BCUT2D eigenvalue weighted by atomic mass is 32.2. The average molecular weight is 240 g/mol. The van der Waals surface area contributed by atoms with Crippen LogP contribution in [0.4, 0.5) is 0 Å². The van der Waals surface area contributed by atoms with Gasteiger partial charge in [-0.1, -0.05) is 18.2 Å². The van der Waals surface area contributed by atoms with E-state index in [1.807, 2.05) is 0 Å². The van der Waals surface area contributed by atoms with Gasteiger partial charge in [0, 0.05) is 13.0 Å². The molecule has 5 nitrogen and oxygen atoms in total. The number of nitrogens with two attached hydrogens (primary N) is 1. The zero-order chi connectivity index (χ0) is 11.5. The fourth-order valence-corrected chi connectivity index (χ4v) is 2.61. The molecule has 0 unspecified atom stereocenters. The highest BCUT2D eigenvalue weighted by molar-refractivity contribution is 8.00. The lowest BCUT2D eigenvalue weighted by atomic mass is 10.2. The standard InChI is InChI=1S/C10H16N4OS/c1-7(9(11)15)16-10-13-12-8-5-3-2-4-6-14(8)10/h7H,2-6H2,1H3,(H2,11,15)/t7-/m0/s1. The summed E-state index contributed by atoms with van der Waals surface area (Å²) in [7, 11) is 0. The minimum Gasteiger partial charge on any atom is -0.369 e. The monoisotopic (exact) mass is 240 g/mol. The zero-order valence-electron chi connectivity index (χ0n) is 9.35. The maximum Gasteiger partial charge on any atom is 0.230 e. The van der Waals surface area contributed by atoms with Gasteiger partial charge < -0.3 is 10.3 Å². The van der Waals surface area contributed by atoms with Crippen molar-refractivity contribution in [2.24, 2.45) is 5.73 Å². The van der Waals surface area contributed by atoms with E-state index in [9.17, 15) is 4.79 Å². The number of carbonyl (C=O) groups is 1. The number of hydrogen-bond acceptors (Lipinski definition) is 4. The van der Waals surface area contributed by atoms with E-state index in [2.05, 4.69) is 14.8 Å². The number of fused-ring (bicyclic) bond motifs is 1. The second-order valence-electron chi connectivity index (χ2n) is 4.02. The summed E-state index contributed by atoms with van der Waals surface area (Å²) in [5.74, 6) is 0.729. The third kappa shape index (κ3) is 2.37. The fourth-order valence-electron chi connectivity index (χ4n) is 1.76. The maximum atomic E-state index is 11.0. The van der Waals surface area contributed by atoms with Crippen LogP contribution in [0.15, 0.2) is 5.16 Å². The van der Waals surface area contributed by atoms with Gasteiger partial charge in [-0.05, 0) is 19.8 Å². The SMILES string of the molecule is C[C@H](Sc1nnc2n1CCCCC2)C(N)=O. The number of rotatable bonds is 3. The Bertz CT molecular complexity index is 390. The Morgan fingerprint density at radius 2 is 2.25 bits per heavy atom. The highest BCUT2D eigenvalue weighted by Gasteiger charge is 2.19. The van der Waals surface area contributed by atoms with E-state index in [0.29, 0.717) is 0 Å². The Morgan fingerprint density at radius 3 is 3.00 bits per heavy atom. The smallest absolute Gasteiger partial charge is 0.230 e. The summed E-state index contributed by atoms with van der Waals surface area (Å²) in [5, 5.41) is 8.87. The van der Waals surface area contributed by atoms with Crippen LogP contribution in [0.3, 0.4) is 0 Å². The lowest BCUT2D eigenvalue weighted by Crippen LogP contribution is -2.23. The molecule has 2 N–H and O–H groups in total.